The van der Waals surface area contributed by atoms with Crippen molar-refractivity contribution in [3.8, 4) is 0 Å². The third kappa shape index (κ3) is 4.70. The second-order valence-corrected chi connectivity index (χ2v) is 5.47. The molecule has 0 saturated heterocycles. The number of nitrogens with zero attached hydrogens (tertiary/aromatic N) is 1. The number of hydrogen-bond donors (Lipinski definition) is 1. The quantitative estimate of drug-likeness (QED) is 0.492. The van der Waals surface area contributed by atoms with Crippen LogP contribution in [0.5, 0.6) is 0 Å². The maximum Gasteiger partial charge on any atom is 0.292 e. The number of halogens is 1. The fraction of sp³-hybridized carbons (Fsp3) is 0.400. The summed E-state index contributed by atoms with van der Waals surface area (Å²) in [6.45, 7) is 0.529. The molecular weight excluding hydrogens is 264 g/mol. The number of nitro groups is 1. The Morgan fingerprint density at radius 2 is 2.24 bits per heavy atom. The molecule has 7 heteroatoms. The van der Waals surface area contributed by atoms with Crippen LogP contribution in [0.15, 0.2) is 18.2 Å². The summed E-state index contributed by atoms with van der Waals surface area (Å²) in [5.74, 6) is 0.571. The minimum absolute atomic E-state index is 0.00739. The summed E-state index contributed by atoms with van der Waals surface area (Å²) >= 11 is 5.77. The molecule has 0 saturated carbocycles. The molecule has 1 N–H and O–H groups in total. The average molecular weight is 277 g/mol. The van der Waals surface area contributed by atoms with E-state index in [1.165, 1.54) is 18.2 Å². The maximum atomic E-state index is 10.8. The summed E-state index contributed by atoms with van der Waals surface area (Å²) in [5, 5.41) is 14.1. The summed E-state index contributed by atoms with van der Waals surface area (Å²) in [5.41, 5.74) is 0.386. The number of anilines is 1. The van der Waals surface area contributed by atoms with Crippen molar-refractivity contribution in [2.24, 2.45) is 0 Å². The lowest BCUT2D eigenvalue weighted by Crippen LogP contribution is -2.07. The molecule has 0 radical (unpaired) electrons. The first-order chi connectivity index (χ1) is 8.00. The zero-order valence-electron chi connectivity index (χ0n) is 9.31. The molecule has 0 aromatic heterocycles. The fourth-order valence-electron chi connectivity index (χ4n) is 1.31. The molecule has 1 unspecified atom stereocenters. The van der Waals surface area contributed by atoms with Crippen molar-refractivity contribution in [2.75, 3.05) is 23.9 Å². The number of nitro benzene ring substituents is 1. The van der Waals surface area contributed by atoms with E-state index in [-0.39, 0.29) is 5.69 Å². The second kappa shape index (κ2) is 6.56. The molecule has 17 heavy (non-hydrogen) atoms. The Kier molecular flexibility index (Phi) is 5.37. The molecule has 0 bridgehead atoms. The summed E-state index contributed by atoms with van der Waals surface area (Å²) < 4.78 is 10.8. The highest BCUT2D eigenvalue weighted by atomic mass is 35.5. The van der Waals surface area contributed by atoms with E-state index < -0.39 is 15.7 Å². The molecule has 1 rings (SSSR count). The van der Waals surface area contributed by atoms with Gasteiger partial charge in [-0.3, -0.25) is 14.3 Å². The van der Waals surface area contributed by atoms with E-state index in [0.717, 1.165) is 0 Å². The van der Waals surface area contributed by atoms with Crippen LogP contribution in [0.3, 0.4) is 0 Å². The molecule has 94 valence electrons. The molecule has 1 atom stereocenters. The van der Waals surface area contributed by atoms with E-state index >= 15 is 0 Å². The standard InChI is InChI=1S/C10H13ClN2O3S/c1-17(16)6-2-5-12-9-7-8(11)3-4-10(9)13(14)15/h3-4,7,12H,2,5-6H2,1H3. The molecule has 1 aromatic carbocycles. The molecule has 1 aromatic rings. The van der Waals surface area contributed by atoms with E-state index in [0.29, 0.717) is 29.4 Å². The van der Waals surface area contributed by atoms with Gasteiger partial charge in [-0.1, -0.05) is 11.6 Å². The van der Waals surface area contributed by atoms with Crippen LogP contribution in [0.4, 0.5) is 11.4 Å². The second-order valence-electron chi connectivity index (χ2n) is 3.48. The Morgan fingerprint density at radius 3 is 2.82 bits per heavy atom. The Bertz CT molecular complexity index is 440. The third-order valence-electron chi connectivity index (χ3n) is 2.08. The van der Waals surface area contributed by atoms with Gasteiger partial charge in [0.15, 0.2) is 0 Å². The van der Waals surface area contributed by atoms with Gasteiger partial charge in [-0.2, -0.15) is 0 Å². The minimum atomic E-state index is -0.842. The highest BCUT2D eigenvalue weighted by Crippen LogP contribution is 2.27. The van der Waals surface area contributed by atoms with Crippen molar-refractivity contribution in [1.82, 2.24) is 0 Å². The Hall–Kier alpha value is -1.14. The van der Waals surface area contributed by atoms with Crippen molar-refractivity contribution >= 4 is 33.8 Å². The van der Waals surface area contributed by atoms with Crippen LogP contribution in [0, 0.1) is 10.1 Å². The molecular formula is C10H13ClN2O3S. The van der Waals surface area contributed by atoms with Gasteiger partial charge in [0.25, 0.3) is 5.69 Å². The van der Waals surface area contributed by atoms with Gasteiger partial charge in [0.05, 0.1) is 4.92 Å². The van der Waals surface area contributed by atoms with Gasteiger partial charge in [-0.15, -0.1) is 0 Å². The van der Waals surface area contributed by atoms with Crippen LogP contribution in [0.1, 0.15) is 6.42 Å². The fourth-order valence-corrected chi connectivity index (χ4v) is 2.03. The van der Waals surface area contributed by atoms with E-state index in [2.05, 4.69) is 5.32 Å². The van der Waals surface area contributed by atoms with Crippen LogP contribution in [0.2, 0.25) is 5.02 Å². The normalized spacial score (nSPS) is 12.1. The van der Waals surface area contributed by atoms with Gasteiger partial charge in [-0.25, -0.2) is 0 Å². The summed E-state index contributed by atoms with van der Waals surface area (Å²) in [7, 11) is -0.842. The highest BCUT2D eigenvalue weighted by molar-refractivity contribution is 7.84. The lowest BCUT2D eigenvalue weighted by molar-refractivity contribution is -0.384. The summed E-state index contributed by atoms with van der Waals surface area (Å²) in [6.07, 6.45) is 2.31. The first-order valence-corrected chi connectivity index (χ1v) is 7.09. The van der Waals surface area contributed by atoms with Gasteiger partial charge >= 0.3 is 0 Å². The molecule has 0 spiro atoms. The summed E-state index contributed by atoms with van der Waals surface area (Å²) in [4.78, 5) is 10.3. The summed E-state index contributed by atoms with van der Waals surface area (Å²) in [6, 6.07) is 4.36. The smallest absolute Gasteiger partial charge is 0.292 e. The minimum Gasteiger partial charge on any atom is -0.379 e. The van der Waals surface area contributed by atoms with Crippen LogP contribution < -0.4 is 5.32 Å². The molecule has 5 nitrogen and oxygen atoms in total. The lowest BCUT2D eigenvalue weighted by atomic mass is 10.2. The topological polar surface area (TPSA) is 72.2 Å². The van der Waals surface area contributed by atoms with Crippen LogP contribution in [-0.4, -0.2) is 27.7 Å². The molecule has 0 heterocycles. The van der Waals surface area contributed by atoms with Gasteiger partial charge in [0.2, 0.25) is 0 Å². The Morgan fingerprint density at radius 1 is 1.53 bits per heavy atom. The Balaban J connectivity index is 2.65. The number of nitrogens with one attached hydrogen (secondary N) is 1. The predicted octanol–water partition coefficient (Wildman–Crippen LogP) is 2.43. The van der Waals surface area contributed by atoms with Crippen LogP contribution in [0.25, 0.3) is 0 Å². The highest BCUT2D eigenvalue weighted by Gasteiger charge is 2.13. The number of benzene rings is 1. The van der Waals surface area contributed by atoms with Crippen LogP contribution in [-0.2, 0) is 10.8 Å². The number of hydrogen-bond acceptors (Lipinski definition) is 4. The molecule has 0 fully saturated rings. The van der Waals surface area contributed by atoms with Gasteiger partial charge < -0.3 is 5.32 Å². The third-order valence-corrected chi connectivity index (χ3v) is 3.18. The van der Waals surface area contributed by atoms with Crippen molar-refractivity contribution in [2.45, 2.75) is 6.42 Å². The van der Waals surface area contributed by atoms with E-state index in [4.69, 9.17) is 11.6 Å². The molecule has 0 aliphatic rings. The SMILES string of the molecule is CS(=O)CCCNc1cc(Cl)ccc1[N+](=O)[O-]. The predicted molar refractivity (Wildman–Crippen MR) is 70.1 cm³/mol. The number of rotatable bonds is 6. The van der Waals surface area contributed by atoms with E-state index in [9.17, 15) is 14.3 Å². The molecule has 0 aliphatic heterocycles. The Labute approximate surface area is 107 Å². The molecule has 0 amide bonds. The molecule has 0 aliphatic carbocycles. The monoisotopic (exact) mass is 276 g/mol. The van der Waals surface area contributed by atoms with Crippen molar-refractivity contribution in [3.63, 3.8) is 0 Å². The van der Waals surface area contributed by atoms with Crippen molar-refractivity contribution in [1.29, 1.82) is 0 Å². The first-order valence-electron chi connectivity index (χ1n) is 4.98. The van der Waals surface area contributed by atoms with Gasteiger partial charge in [0.1, 0.15) is 5.69 Å². The van der Waals surface area contributed by atoms with Crippen molar-refractivity contribution in [3.05, 3.63) is 33.3 Å². The van der Waals surface area contributed by atoms with E-state index in [1.54, 1.807) is 6.26 Å². The van der Waals surface area contributed by atoms with Gasteiger partial charge in [0, 0.05) is 40.4 Å². The zero-order chi connectivity index (χ0) is 12.8. The van der Waals surface area contributed by atoms with Crippen LogP contribution >= 0.6 is 11.6 Å². The average Bonchev–Trinajstić information content (AvgIpc) is 2.23. The van der Waals surface area contributed by atoms with Crippen molar-refractivity contribution < 1.29 is 9.13 Å². The first kappa shape index (κ1) is 13.9. The maximum absolute atomic E-state index is 10.8. The zero-order valence-corrected chi connectivity index (χ0v) is 10.9. The lowest BCUT2D eigenvalue weighted by Gasteiger charge is -2.06. The largest absolute Gasteiger partial charge is 0.379 e. The van der Waals surface area contributed by atoms with Gasteiger partial charge in [-0.05, 0) is 18.6 Å². The van der Waals surface area contributed by atoms with E-state index in [1.807, 2.05) is 0 Å².